The van der Waals surface area contributed by atoms with Crippen molar-refractivity contribution in [2.45, 2.75) is 19.6 Å². The molecule has 2 rings (SSSR count). The maximum absolute atomic E-state index is 9.44. The summed E-state index contributed by atoms with van der Waals surface area (Å²) in [6.45, 7) is 7.78. The van der Waals surface area contributed by atoms with E-state index in [1.54, 1.807) is 6.07 Å². The summed E-state index contributed by atoms with van der Waals surface area (Å²) < 4.78 is 6.47. The van der Waals surface area contributed by atoms with E-state index in [2.05, 4.69) is 33.1 Å². The lowest BCUT2D eigenvalue weighted by Crippen LogP contribution is -2.46. The second kappa shape index (κ2) is 7.24. The smallest absolute Gasteiger partial charge is 0.129 e. The van der Waals surface area contributed by atoms with E-state index < -0.39 is 0 Å². The molecular formula is C14H21BrN2O2. The van der Waals surface area contributed by atoms with Gasteiger partial charge in [-0.25, -0.2) is 0 Å². The third kappa shape index (κ3) is 4.45. The molecule has 0 radical (unpaired) electrons. The van der Waals surface area contributed by atoms with Gasteiger partial charge in [-0.15, -0.1) is 0 Å². The molecule has 19 heavy (non-hydrogen) atoms. The number of hydrogen-bond acceptors (Lipinski definition) is 4. The zero-order valence-corrected chi connectivity index (χ0v) is 12.8. The van der Waals surface area contributed by atoms with Crippen LogP contribution in [0.4, 0.5) is 0 Å². The van der Waals surface area contributed by atoms with Crippen molar-refractivity contribution in [1.29, 1.82) is 0 Å². The van der Waals surface area contributed by atoms with E-state index in [1.807, 2.05) is 12.1 Å². The second-order valence-electron chi connectivity index (χ2n) is 4.80. The molecule has 1 saturated heterocycles. The van der Waals surface area contributed by atoms with Crippen molar-refractivity contribution in [3.63, 3.8) is 0 Å². The number of likely N-dealkylation sites (N-methyl/N-ethyl adjacent to an activating group) is 1. The molecule has 0 saturated carbocycles. The van der Waals surface area contributed by atoms with Gasteiger partial charge in [0.25, 0.3) is 0 Å². The van der Waals surface area contributed by atoms with E-state index >= 15 is 0 Å². The summed E-state index contributed by atoms with van der Waals surface area (Å²) in [6, 6.07) is 5.56. The van der Waals surface area contributed by atoms with Crippen LogP contribution in [0.1, 0.15) is 12.5 Å². The van der Waals surface area contributed by atoms with Gasteiger partial charge in [0, 0.05) is 26.2 Å². The number of phenols is 1. The summed E-state index contributed by atoms with van der Waals surface area (Å²) in [7, 11) is 0. The normalized spacial score (nSPS) is 20.6. The lowest BCUT2D eigenvalue weighted by Gasteiger charge is -2.32. The monoisotopic (exact) mass is 328 g/mol. The maximum Gasteiger partial charge on any atom is 0.129 e. The number of halogens is 1. The highest BCUT2D eigenvalue weighted by molar-refractivity contribution is 9.10. The zero-order chi connectivity index (χ0) is 13.7. The summed E-state index contributed by atoms with van der Waals surface area (Å²) in [5.74, 6) is 0.276. The highest BCUT2D eigenvalue weighted by Crippen LogP contribution is 2.24. The van der Waals surface area contributed by atoms with Crippen LogP contribution in [0.15, 0.2) is 22.7 Å². The molecule has 0 aromatic heterocycles. The van der Waals surface area contributed by atoms with Gasteiger partial charge in [-0.3, -0.25) is 4.90 Å². The molecular weight excluding hydrogens is 308 g/mol. The van der Waals surface area contributed by atoms with Crippen molar-refractivity contribution in [3.8, 4) is 5.75 Å². The van der Waals surface area contributed by atoms with Crippen LogP contribution in [0.3, 0.4) is 0 Å². The predicted molar refractivity (Wildman–Crippen MR) is 79.4 cm³/mol. The summed E-state index contributed by atoms with van der Waals surface area (Å²) in [5, 5.41) is 12.8. The first-order chi connectivity index (χ1) is 9.19. The number of morpholine rings is 1. The molecule has 0 bridgehead atoms. The Kier molecular flexibility index (Phi) is 5.63. The molecule has 0 spiro atoms. The van der Waals surface area contributed by atoms with Gasteiger partial charge in [0.05, 0.1) is 17.2 Å². The number of hydrogen-bond donors (Lipinski definition) is 2. The van der Waals surface area contributed by atoms with Crippen LogP contribution in [0.5, 0.6) is 5.75 Å². The molecule has 4 nitrogen and oxygen atoms in total. The van der Waals surface area contributed by atoms with Gasteiger partial charge in [-0.05, 0) is 40.2 Å². The predicted octanol–water partition coefficient (Wildman–Crippen LogP) is 1.96. The number of benzene rings is 1. The van der Waals surface area contributed by atoms with Crippen molar-refractivity contribution in [2.24, 2.45) is 0 Å². The number of nitrogens with zero attached hydrogens (tertiary/aromatic N) is 1. The Morgan fingerprint density at radius 1 is 1.53 bits per heavy atom. The Hall–Kier alpha value is -0.620. The van der Waals surface area contributed by atoms with Crippen molar-refractivity contribution in [2.75, 3.05) is 32.8 Å². The standard InChI is InChI=1S/C14H21BrN2O2/c1-2-17-5-6-19-12(10-17)9-16-8-11-3-4-14(18)13(15)7-11/h3-4,7,12,16,18H,2,5-6,8-10H2,1H3. The van der Waals surface area contributed by atoms with E-state index in [0.29, 0.717) is 0 Å². The van der Waals surface area contributed by atoms with Gasteiger partial charge in [0.1, 0.15) is 5.75 Å². The molecule has 106 valence electrons. The Bertz CT molecular complexity index is 414. The van der Waals surface area contributed by atoms with E-state index in [-0.39, 0.29) is 11.9 Å². The Morgan fingerprint density at radius 3 is 3.11 bits per heavy atom. The fraction of sp³-hybridized carbons (Fsp3) is 0.571. The van der Waals surface area contributed by atoms with Crippen LogP contribution in [-0.4, -0.2) is 48.9 Å². The number of rotatable bonds is 5. The van der Waals surface area contributed by atoms with Crippen molar-refractivity contribution >= 4 is 15.9 Å². The minimum absolute atomic E-state index is 0.272. The van der Waals surface area contributed by atoms with Crippen LogP contribution in [0.2, 0.25) is 0 Å². The molecule has 0 aliphatic carbocycles. The van der Waals surface area contributed by atoms with Crippen LogP contribution >= 0.6 is 15.9 Å². The maximum atomic E-state index is 9.44. The number of phenolic OH excluding ortho intramolecular Hbond substituents is 1. The first-order valence-electron chi connectivity index (χ1n) is 6.71. The SMILES string of the molecule is CCN1CCOC(CNCc2ccc(O)c(Br)c2)C1. The quantitative estimate of drug-likeness (QED) is 0.867. The van der Waals surface area contributed by atoms with E-state index in [4.69, 9.17) is 4.74 Å². The summed E-state index contributed by atoms with van der Waals surface area (Å²) in [5.41, 5.74) is 1.15. The molecule has 2 N–H and O–H groups in total. The summed E-state index contributed by atoms with van der Waals surface area (Å²) in [6.07, 6.45) is 0.272. The number of ether oxygens (including phenoxy) is 1. The highest BCUT2D eigenvalue weighted by atomic mass is 79.9. The van der Waals surface area contributed by atoms with Crippen LogP contribution in [0, 0.1) is 0 Å². The minimum Gasteiger partial charge on any atom is -0.507 e. The molecule has 1 aliphatic heterocycles. The topological polar surface area (TPSA) is 44.7 Å². The van der Waals surface area contributed by atoms with E-state index in [1.165, 1.54) is 0 Å². The minimum atomic E-state index is 0.272. The lowest BCUT2D eigenvalue weighted by atomic mass is 10.2. The summed E-state index contributed by atoms with van der Waals surface area (Å²) >= 11 is 3.32. The zero-order valence-electron chi connectivity index (χ0n) is 11.2. The Balaban J connectivity index is 1.75. The van der Waals surface area contributed by atoms with Crippen LogP contribution < -0.4 is 5.32 Å². The first kappa shape index (κ1) is 14.8. The van der Waals surface area contributed by atoms with Crippen LogP contribution in [0.25, 0.3) is 0 Å². The van der Waals surface area contributed by atoms with E-state index in [0.717, 1.165) is 49.4 Å². The fourth-order valence-electron chi connectivity index (χ4n) is 2.23. The second-order valence-corrected chi connectivity index (χ2v) is 5.66. The lowest BCUT2D eigenvalue weighted by molar-refractivity contribution is -0.0253. The molecule has 1 aliphatic rings. The molecule has 1 unspecified atom stereocenters. The average molecular weight is 329 g/mol. The van der Waals surface area contributed by atoms with Crippen molar-refractivity contribution < 1.29 is 9.84 Å². The van der Waals surface area contributed by atoms with Crippen molar-refractivity contribution in [1.82, 2.24) is 10.2 Å². The first-order valence-corrected chi connectivity index (χ1v) is 7.50. The molecule has 1 atom stereocenters. The van der Waals surface area contributed by atoms with Gasteiger partial charge >= 0.3 is 0 Å². The fourth-order valence-corrected chi connectivity index (χ4v) is 2.66. The number of nitrogens with one attached hydrogen (secondary N) is 1. The Labute approximate surface area is 122 Å². The average Bonchev–Trinajstić information content (AvgIpc) is 2.43. The van der Waals surface area contributed by atoms with Gasteiger partial charge in [-0.2, -0.15) is 0 Å². The number of aromatic hydroxyl groups is 1. The molecule has 0 amide bonds. The van der Waals surface area contributed by atoms with Gasteiger partial charge in [-0.1, -0.05) is 13.0 Å². The molecule has 1 fully saturated rings. The molecule has 1 heterocycles. The molecule has 1 aromatic rings. The van der Waals surface area contributed by atoms with Gasteiger partial charge in [0.2, 0.25) is 0 Å². The third-order valence-electron chi connectivity index (χ3n) is 3.38. The van der Waals surface area contributed by atoms with E-state index in [9.17, 15) is 5.11 Å². The molecule has 5 heteroatoms. The van der Waals surface area contributed by atoms with Crippen molar-refractivity contribution in [3.05, 3.63) is 28.2 Å². The summed E-state index contributed by atoms with van der Waals surface area (Å²) in [4.78, 5) is 2.41. The third-order valence-corrected chi connectivity index (χ3v) is 4.02. The van der Waals surface area contributed by atoms with Gasteiger partial charge < -0.3 is 15.2 Å². The van der Waals surface area contributed by atoms with Crippen LogP contribution in [-0.2, 0) is 11.3 Å². The Morgan fingerprint density at radius 2 is 2.37 bits per heavy atom. The highest BCUT2D eigenvalue weighted by Gasteiger charge is 2.18. The largest absolute Gasteiger partial charge is 0.507 e. The molecule has 1 aromatic carbocycles. The van der Waals surface area contributed by atoms with Gasteiger partial charge in [0.15, 0.2) is 0 Å².